The molecule has 1 aliphatic heterocycles. The third kappa shape index (κ3) is 8.65. The molecule has 13 heteroatoms. The van der Waals surface area contributed by atoms with Crippen LogP contribution in [0, 0.1) is 0 Å². The molecule has 3 rings (SSSR count). The zero-order valence-corrected chi connectivity index (χ0v) is 23.6. The molecule has 3 amide bonds. The van der Waals surface area contributed by atoms with Crippen LogP contribution in [-0.2, 0) is 14.3 Å². The van der Waals surface area contributed by atoms with Crippen LogP contribution in [0.15, 0.2) is 41.4 Å². The SMILES string of the molecule is CCOC(=O)N1CCN(C(=O)[C@H](CCC(=O)O)NC(=O)c2cc(SC(C)C(C)O)nc(-c3ccccc3)n2)CC1. The summed E-state index contributed by atoms with van der Waals surface area (Å²) in [6, 6.07) is 9.47. The fraction of sp³-hybridized carbons (Fsp3) is 0.481. The molecule has 2 unspecified atom stereocenters. The van der Waals surface area contributed by atoms with E-state index in [4.69, 9.17) is 4.74 Å². The van der Waals surface area contributed by atoms with Crippen molar-refractivity contribution < 1.29 is 34.1 Å². The number of aliphatic hydroxyl groups is 1. The number of nitrogens with zero attached hydrogens (tertiary/aromatic N) is 4. The van der Waals surface area contributed by atoms with Crippen molar-refractivity contribution in [2.75, 3.05) is 32.8 Å². The highest BCUT2D eigenvalue weighted by Crippen LogP contribution is 2.26. The Morgan fingerprint density at radius 3 is 2.30 bits per heavy atom. The first-order chi connectivity index (χ1) is 19.1. The van der Waals surface area contributed by atoms with Gasteiger partial charge in [0.15, 0.2) is 5.82 Å². The van der Waals surface area contributed by atoms with Crippen LogP contribution < -0.4 is 5.32 Å². The normalized spacial score (nSPS) is 15.6. The molecule has 2 aromatic rings. The number of amides is 3. The Hall–Kier alpha value is -3.71. The highest BCUT2D eigenvalue weighted by molar-refractivity contribution is 7.99. The second-order valence-electron chi connectivity index (χ2n) is 9.31. The van der Waals surface area contributed by atoms with Gasteiger partial charge in [0.2, 0.25) is 5.91 Å². The van der Waals surface area contributed by atoms with E-state index in [9.17, 15) is 29.4 Å². The highest BCUT2D eigenvalue weighted by Gasteiger charge is 2.31. The van der Waals surface area contributed by atoms with E-state index in [0.29, 0.717) is 16.4 Å². The maximum absolute atomic E-state index is 13.4. The minimum absolute atomic E-state index is 0.00870. The third-order valence-corrected chi connectivity index (χ3v) is 7.54. The molecule has 0 aliphatic carbocycles. The molecule has 3 atom stereocenters. The molecular formula is C27H35N5O7S. The van der Waals surface area contributed by atoms with Gasteiger partial charge in [-0.05, 0) is 20.3 Å². The Balaban J connectivity index is 1.82. The Kier molecular flexibility index (Phi) is 11.3. The number of ether oxygens (including phenoxy) is 1. The molecular weight excluding hydrogens is 538 g/mol. The Labute approximate surface area is 237 Å². The van der Waals surface area contributed by atoms with Crippen molar-refractivity contribution in [3.8, 4) is 11.4 Å². The summed E-state index contributed by atoms with van der Waals surface area (Å²) in [6.07, 6.45) is -1.53. The predicted octanol–water partition coefficient (Wildman–Crippen LogP) is 2.27. The summed E-state index contributed by atoms with van der Waals surface area (Å²) >= 11 is 1.28. The van der Waals surface area contributed by atoms with Gasteiger partial charge in [-0.1, -0.05) is 37.3 Å². The van der Waals surface area contributed by atoms with Crippen molar-refractivity contribution in [3.63, 3.8) is 0 Å². The van der Waals surface area contributed by atoms with Crippen LogP contribution in [0.5, 0.6) is 0 Å². The monoisotopic (exact) mass is 573 g/mol. The van der Waals surface area contributed by atoms with E-state index in [1.165, 1.54) is 27.6 Å². The molecule has 1 fully saturated rings. The van der Waals surface area contributed by atoms with Crippen molar-refractivity contribution in [1.29, 1.82) is 0 Å². The number of hydrogen-bond acceptors (Lipinski definition) is 9. The van der Waals surface area contributed by atoms with Crippen LogP contribution in [0.25, 0.3) is 11.4 Å². The van der Waals surface area contributed by atoms with Crippen LogP contribution in [0.2, 0.25) is 0 Å². The molecule has 3 N–H and O–H groups in total. The first-order valence-corrected chi connectivity index (χ1v) is 14.0. The number of aromatic nitrogens is 2. The van der Waals surface area contributed by atoms with E-state index in [2.05, 4.69) is 15.3 Å². The van der Waals surface area contributed by atoms with Crippen molar-refractivity contribution in [1.82, 2.24) is 25.1 Å². The van der Waals surface area contributed by atoms with E-state index in [-0.39, 0.29) is 56.6 Å². The van der Waals surface area contributed by atoms with Gasteiger partial charge >= 0.3 is 12.1 Å². The second-order valence-corrected chi connectivity index (χ2v) is 10.7. The Morgan fingerprint density at radius 1 is 1.05 bits per heavy atom. The Bertz CT molecular complexity index is 1190. The van der Waals surface area contributed by atoms with E-state index in [0.717, 1.165) is 0 Å². The van der Waals surface area contributed by atoms with Gasteiger partial charge in [0.1, 0.15) is 16.8 Å². The van der Waals surface area contributed by atoms with Crippen LogP contribution in [0.3, 0.4) is 0 Å². The maximum Gasteiger partial charge on any atom is 0.409 e. The molecule has 1 saturated heterocycles. The van der Waals surface area contributed by atoms with Crippen LogP contribution in [0.1, 0.15) is 44.1 Å². The molecule has 0 spiro atoms. The number of thioether (sulfide) groups is 1. The summed E-state index contributed by atoms with van der Waals surface area (Å²) in [5.41, 5.74) is 0.691. The number of carboxylic acid groups (broad SMARTS) is 1. The molecule has 0 bridgehead atoms. The van der Waals surface area contributed by atoms with Gasteiger partial charge in [-0.15, -0.1) is 11.8 Å². The van der Waals surface area contributed by atoms with Gasteiger partial charge in [-0.25, -0.2) is 14.8 Å². The van der Waals surface area contributed by atoms with Crippen LogP contribution in [-0.4, -0.2) is 104 Å². The number of hydrogen-bond donors (Lipinski definition) is 3. The minimum Gasteiger partial charge on any atom is -0.481 e. The molecule has 1 aromatic heterocycles. The van der Waals surface area contributed by atoms with E-state index < -0.39 is 36.0 Å². The van der Waals surface area contributed by atoms with Crippen molar-refractivity contribution in [3.05, 3.63) is 42.1 Å². The largest absolute Gasteiger partial charge is 0.481 e. The molecule has 12 nitrogen and oxygen atoms in total. The number of piperazine rings is 1. The van der Waals surface area contributed by atoms with Gasteiger partial charge in [-0.3, -0.25) is 14.4 Å². The fourth-order valence-electron chi connectivity index (χ4n) is 3.91. The van der Waals surface area contributed by atoms with Gasteiger partial charge < -0.3 is 30.1 Å². The molecule has 216 valence electrons. The zero-order chi connectivity index (χ0) is 29.2. The Morgan fingerprint density at radius 2 is 1.70 bits per heavy atom. The number of carbonyl (C=O) groups excluding carboxylic acids is 3. The van der Waals surface area contributed by atoms with Crippen molar-refractivity contribution >= 4 is 35.6 Å². The number of carbonyl (C=O) groups is 4. The predicted molar refractivity (Wildman–Crippen MR) is 148 cm³/mol. The number of benzene rings is 1. The van der Waals surface area contributed by atoms with Gasteiger partial charge in [0, 0.05) is 49.5 Å². The van der Waals surface area contributed by atoms with Gasteiger partial charge in [-0.2, -0.15) is 0 Å². The fourth-order valence-corrected chi connectivity index (χ4v) is 4.81. The highest BCUT2D eigenvalue weighted by atomic mass is 32.2. The van der Waals surface area contributed by atoms with Gasteiger partial charge in [0.25, 0.3) is 5.91 Å². The quantitative estimate of drug-likeness (QED) is 0.268. The summed E-state index contributed by atoms with van der Waals surface area (Å²) in [5, 5.41) is 22.1. The average molecular weight is 574 g/mol. The first-order valence-electron chi connectivity index (χ1n) is 13.1. The lowest BCUT2D eigenvalue weighted by Gasteiger charge is -2.35. The summed E-state index contributed by atoms with van der Waals surface area (Å²) in [5.74, 6) is -1.89. The van der Waals surface area contributed by atoms with E-state index in [1.54, 1.807) is 26.0 Å². The number of nitrogens with one attached hydrogen (secondary N) is 1. The molecule has 2 heterocycles. The lowest BCUT2D eigenvalue weighted by Crippen LogP contribution is -2.56. The maximum atomic E-state index is 13.4. The molecule has 0 radical (unpaired) electrons. The summed E-state index contributed by atoms with van der Waals surface area (Å²) in [6.45, 7) is 6.42. The zero-order valence-electron chi connectivity index (χ0n) is 22.8. The summed E-state index contributed by atoms with van der Waals surface area (Å²) in [7, 11) is 0. The van der Waals surface area contributed by atoms with E-state index >= 15 is 0 Å². The lowest BCUT2D eigenvalue weighted by atomic mass is 10.1. The van der Waals surface area contributed by atoms with Crippen molar-refractivity contribution in [2.45, 2.75) is 56.0 Å². The van der Waals surface area contributed by atoms with Crippen molar-refractivity contribution in [2.24, 2.45) is 0 Å². The smallest absolute Gasteiger partial charge is 0.409 e. The van der Waals surface area contributed by atoms with Crippen LogP contribution >= 0.6 is 11.8 Å². The number of rotatable bonds is 11. The van der Waals surface area contributed by atoms with E-state index in [1.807, 2.05) is 25.1 Å². The average Bonchev–Trinajstić information content (AvgIpc) is 2.95. The molecule has 1 aliphatic rings. The molecule has 40 heavy (non-hydrogen) atoms. The molecule has 1 aromatic carbocycles. The van der Waals surface area contributed by atoms with Gasteiger partial charge in [0.05, 0.1) is 12.7 Å². The number of carboxylic acids is 1. The minimum atomic E-state index is -1.11. The molecule has 0 saturated carbocycles. The number of aliphatic carboxylic acids is 1. The topological polar surface area (TPSA) is 162 Å². The first kappa shape index (κ1) is 30.8. The second kappa shape index (κ2) is 14.6. The lowest BCUT2D eigenvalue weighted by molar-refractivity contribution is -0.138. The number of aliphatic hydroxyl groups excluding tert-OH is 1. The standard InChI is InChI=1S/C27H35N5O7S/c1-4-39-27(38)32-14-12-31(13-15-32)26(37)20(10-11-23(34)35)29-25(36)21-16-22(40-18(3)17(2)33)30-24(28-21)19-8-6-5-7-9-19/h5-9,16-18,20,33H,4,10-15H2,1-3H3,(H,29,36)(H,34,35)/t17?,18?,20-/m0/s1. The van der Waals surface area contributed by atoms with Crippen LogP contribution in [0.4, 0.5) is 4.79 Å². The summed E-state index contributed by atoms with van der Waals surface area (Å²) < 4.78 is 5.01. The summed E-state index contributed by atoms with van der Waals surface area (Å²) in [4.78, 5) is 62.1. The third-order valence-electron chi connectivity index (χ3n) is 6.32.